The van der Waals surface area contributed by atoms with Crippen LogP contribution in [-0.4, -0.2) is 51.9 Å². The Morgan fingerprint density at radius 1 is 0.667 bits per heavy atom. The van der Waals surface area contributed by atoms with Crippen LogP contribution >= 0.6 is 0 Å². The van der Waals surface area contributed by atoms with Gasteiger partial charge in [-0.05, 0) is 12.1 Å². The number of rotatable bonds is 5. The van der Waals surface area contributed by atoms with Crippen LogP contribution in [0.3, 0.4) is 0 Å². The van der Waals surface area contributed by atoms with Gasteiger partial charge in [-0.2, -0.15) is 0 Å². The fourth-order valence-electron chi connectivity index (χ4n) is 4.20. The predicted octanol–water partition coefficient (Wildman–Crippen LogP) is 2.51. The van der Waals surface area contributed by atoms with Gasteiger partial charge < -0.3 is 38.6 Å². The highest BCUT2D eigenvalue weighted by molar-refractivity contribution is 5.55. The van der Waals surface area contributed by atoms with E-state index in [9.17, 15) is 10.2 Å². The molecule has 0 fully saturated rings. The van der Waals surface area contributed by atoms with Crippen LogP contribution < -0.4 is 28.4 Å². The summed E-state index contributed by atoms with van der Waals surface area (Å²) in [6, 6.07) is 6.87. The van der Waals surface area contributed by atoms with Gasteiger partial charge in [0.15, 0.2) is 23.0 Å². The lowest BCUT2D eigenvalue weighted by molar-refractivity contribution is -0.0562. The Hall–Kier alpha value is -2.84. The number of hydrogen-bond acceptors (Lipinski definition) is 8. The molecule has 8 heteroatoms. The molecule has 2 unspecified atom stereocenters. The number of ether oxygens (including phenoxy) is 6. The van der Waals surface area contributed by atoms with Crippen molar-refractivity contribution in [2.75, 3.05) is 41.7 Å². The third kappa shape index (κ3) is 3.26. The topological polar surface area (TPSA) is 95.8 Å². The van der Waals surface area contributed by atoms with Gasteiger partial charge in [0.1, 0.15) is 11.5 Å². The molecular formula is C22H26O8. The van der Waals surface area contributed by atoms with Crippen LogP contribution in [0.2, 0.25) is 0 Å². The van der Waals surface area contributed by atoms with Crippen molar-refractivity contribution in [3.05, 3.63) is 35.4 Å². The van der Waals surface area contributed by atoms with Crippen molar-refractivity contribution in [2.24, 2.45) is 11.8 Å². The molecule has 162 valence electrons. The van der Waals surface area contributed by atoms with Gasteiger partial charge in [-0.3, -0.25) is 0 Å². The Bertz CT molecular complexity index is 852. The molecule has 2 aliphatic heterocycles. The molecule has 2 aromatic carbocycles. The van der Waals surface area contributed by atoms with Gasteiger partial charge in [0, 0.05) is 35.1 Å². The van der Waals surface area contributed by atoms with Crippen LogP contribution in [0.5, 0.6) is 34.5 Å². The number of aliphatic hydroxyl groups is 2. The lowest BCUT2D eigenvalue weighted by Crippen LogP contribution is -2.40. The van der Waals surface area contributed by atoms with Crippen LogP contribution in [0, 0.1) is 11.8 Å². The average Bonchev–Trinajstić information content (AvgIpc) is 2.78. The normalized spacial score (nSPS) is 24.6. The van der Waals surface area contributed by atoms with Crippen LogP contribution in [0.1, 0.15) is 23.3 Å². The van der Waals surface area contributed by atoms with Crippen molar-refractivity contribution in [1.29, 1.82) is 0 Å². The van der Waals surface area contributed by atoms with Crippen molar-refractivity contribution in [2.45, 2.75) is 12.2 Å². The summed E-state index contributed by atoms with van der Waals surface area (Å²) in [4.78, 5) is 0. The molecule has 0 amide bonds. The average molecular weight is 418 g/mol. The van der Waals surface area contributed by atoms with Gasteiger partial charge in [-0.1, -0.05) is 0 Å². The predicted molar refractivity (Wildman–Crippen MR) is 107 cm³/mol. The number of benzene rings is 2. The minimum Gasteiger partial charge on any atom is -0.497 e. The number of methoxy groups -OCH3 is 4. The lowest BCUT2D eigenvalue weighted by atomic mass is 9.77. The van der Waals surface area contributed by atoms with Crippen LogP contribution in [-0.2, 0) is 0 Å². The molecule has 0 aromatic heterocycles. The lowest BCUT2D eigenvalue weighted by Gasteiger charge is -2.40. The number of aliphatic hydroxyl groups excluding tert-OH is 2. The summed E-state index contributed by atoms with van der Waals surface area (Å²) in [5.41, 5.74) is 1.12. The Balaban J connectivity index is 1.68. The van der Waals surface area contributed by atoms with Gasteiger partial charge in [0.25, 0.3) is 0 Å². The molecule has 0 spiro atoms. The Kier molecular flexibility index (Phi) is 5.53. The van der Waals surface area contributed by atoms with Gasteiger partial charge in [-0.15, -0.1) is 0 Å². The summed E-state index contributed by atoms with van der Waals surface area (Å²) < 4.78 is 33.3. The maximum absolute atomic E-state index is 11.2. The van der Waals surface area contributed by atoms with Gasteiger partial charge in [-0.25, -0.2) is 0 Å². The molecule has 2 N–H and O–H groups in total. The van der Waals surface area contributed by atoms with Crippen LogP contribution in [0.4, 0.5) is 0 Å². The first-order valence-corrected chi connectivity index (χ1v) is 9.65. The highest BCUT2D eigenvalue weighted by Crippen LogP contribution is 2.51. The van der Waals surface area contributed by atoms with Crippen molar-refractivity contribution < 1.29 is 38.6 Å². The van der Waals surface area contributed by atoms with Crippen LogP contribution in [0.15, 0.2) is 24.3 Å². The fourth-order valence-corrected chi connectivity index (χ4v) is 4.20. The van der Waals surface area contributed by atoms with Gasteiger partial charge >= 0.3 is 0 Å². The van der Waals surface area contributed by atoms with E-state index < -0.39 is 24.0 Å². The first kappa shape index (κ1) is 20.4. The Labute approximate surface area is 174 Å². The molecule has 0 aliphatic carbocycles. The van der Waals surface area contributed by atoms with E-state index in [2.05, 4.69) is 0 Å². The summed E-state index contributed by atoms with van der Waals surface area (Å²) in [7, 11) is 6.16. The van der Waals surface area contributed by atoms with Crippen molar-refractivity contribution in [1.82, 2.24) is 0 Å². The summed E-state index contributed by atoms with van der Waals surface area (Å²) >= 11 is 0. The van der Waals surface area contributed by atoms with E-state index in [1.165, 1.54) is 14.2 Å². The minimum absolute atomic E-state index is 0.207. The quantitative estimate of drug-likeness (QED) is 0.765. The zero-order valence-electron chi connectivity index (χ0n) is 17.4. The molecule has 0 saturated carbocycles. The van der Waals surface area contributed by atoms with Crippen molar-refractivity contribution in [3.8, 4) is 34.5 Å². The summed E-state index contributed by atoms with van der Waals surface area (Å²) in [6.45, 7) is 0.413. The largest absolute Gasteiger partial charge is 0.497 e. The minimum atomic E-state index is -0.893. The van der Waals surface area contributed by atoms with E-state index in [1.54, 1.807) is 38.5 Å². The molecule has 4 atom stereocenters. The van der Waals surface area contributed by atoms with Gasteiger partial charge in [0.2, 0.25) is 0 Å². The number of fused-ring (bicyclic) bond motifs is 2. The molecule has 0 saturated heterocycles. The second-order valence-corrected chi connectivity index (χ2v) is 7.34. The first-order valence-electron chi connectivity index (χ1n) is 9.65. The summed E-state index contributed by atoms with van der Waals surface area (Å²) in [6.07, 6.45) is -1.79. The van der Waals surface area contributed by atoms with Crippen molar-refractivity contribution >= 4 is 0 Å². The first-order chi connectivity index (χ1) is 14.5. The Morgan fingerprint density at radius 2 is 1.07 bits per heavy atom. The third-order valence-corrected chi connectivity index (χ3v) is 5.86. The maximum Gasteiger partial charge on any atom is 0.167 e. The molecule has 2 aromatic rings. The van der Waals surface area contributed by atoms with E-state index in [4.69, 9.17) is 28.4 Å². The Morgan fingerprint density at radius 3 is 1.40 bits per heavy atom. The second kappa shape index (κ2) is 8.12. The fraction of sp³-hybridized carbons (Fsp3) is 0.455. The molecule has 2 aliphatic rings. The smallest absolute Gasteiger partial charge is 0.167 e. The van der Waals surface area contributed by atoms with Gasteiger partial charge in [0.05, 0.1) is 53.9 Å². The highest BCUT2D eigenvalue weighted by Gasteiger charge is 2.44. The SMILES string of the molecule is COc1cc(OC)c2c(c1)[C@@H](O)C(C1COc3c(OC)cc(OC)cc3[C@@H]1O)CO2. The molecule has 0 bridgehead atoms. The van der Waals surface area contributed by atoms with Crippen molar-refractivity contribution in [3.63, 3.8) is 0 Å². The maximum atomic E-state index is 11.2. The standard InChI is InChI=1S/C22H26O8/c1-25-11-5-13-19(23)15(9-29-21(13)17(7-11)27-3)16-10-30-22-14(20(16)24)6-12(26-2)8-18(22)28-4/h5-8,15-16,19-20,23-24H,9-10H2,1-4H3/t15?,16?,19-,20+. The summed E-state index contributed by atoms with van der Waals surface area (Å²) in [5.74, 6) is 2.23. The zero-order chi connectivity index (χ0) is 21.4. The molecule has 0 radical (unpaired) electrons. The molecule has 4 rings (SSSR count). The van der Waals surface area contributed by atoms with E-state index in [1.807, 2.05) is 0 Å². The molecule has 2 heterocycles. The van der Waals surface area contributed by atoms with E-state index in [0.717, 1.165) is 0 Å². The summed E-state index contributed by atoms with van der Waals surface area (Å²) in [5, 5.41) is 22.3. The van der Waals surface area contributed by atoms with E-state index >= 15 is 0 Å². The third-order valence-electron chi connectivity index (χ3n) is 5.86. The molecular weight excluding hydrogens is 392 g/mol. The van der Waals surface area contributed by atoms with E-state index in [0.29, 0.717) is 45.6 Å². The second-order valence-electron chi connectivity index (χ2n) is 7.34. The molecule has 30 heavy (non-hydrogen) atoms. The highest BCUT2D eigenvalue weighted by atomic mass is 16.5. The zero-order valence-corrected chi connectivity index (χ0v) is 17.4. The van der Waals surface area contributed by atoms with Crippen LogP contribution in [0.25, 0.3) is 0 Å². The number of hydrogen-bond donors (Lipinski definition) is 2. The molecule has 8 nitrogen and oxygen atoms in total. The monoisotopic (exact) mass is 418 g/mol. The van der Waals surface area contributed by atoms with E-state index in [-0.39, 0.29) is 13.2 Å².